The highest BCUT2D eigenvalue weighted by Gasteiger charge is 2.21. The molecule has 0 fully saturated rings. The summed E-state index contributed by atoms with van der Waals surface area (Å²) >= 11 is 0. The van der Waals surface area contributed by atoms with Gasteiger partial charge in [0.15, 0.2) is 5.88 Å². The van der Waals surface area contributed by atoms with Gasteiger partial charge < -0.3 is 30.4 Å². The van der Waals surface area contributed by atoms with E-state index in [9.17, 15) is 14.7 Å². The molecular weight excluding hydrogens is 494 g/mol. The Bertz CT molecular complexity index is 1530. The van der Waals surface area contributed by atoms with Gasteiger partial charge in [0.05, 0.1) is 40.5 Å². The zero-order valence-electron chi connectivity index (χ0n) is 22.6. The number of esters is 1. The van der Waals surface area contributed by atoms with Crippen LogP contribution in [-0.4, -0.2) is 66.4 Å². The number of ether oxygens (including phenoxy) is 1. The summed E-state index contributed by atoms with van der Waals surface area (Å²) in [5.74, 6) is -0.618. The summed E-state index contributed by atoms with van der Waals surface area (Å²) in [6.07, 6.45) is 0. The Morgan fingerprint density at radius 1 is 1.00 bits per heavy atom. The van der Waals surface area contributed by atoms with E-state index in [2.05, 4.69) is 4.98 Å². The number of nitrogens with one attached hydrogen (secondary N) is 1. The minimum absolute atomic E-state index is 0.0790. The first-order valence-corrected chi connectivity index (χ1v) is 12.7. The number of aromatic hydroxyl groups is 1. The number of nitrogens with zero attached hydrogens (tertiary/aromatic N) is 3. The number of benzene rings is 3. The lowest BCUT2D eigenvalue weighted by molar-refractivity contribution is -0.116. The van der Waals surface area contributed by atoms with Crippen LogP contribution in [0.5, 0.6) is 5.88 Å². The van der Waals surface area contributed by atoms with Gasteiger partial charge in [-0.25, -0.2) is 9.79 Å². The molecular formula is C30H33N5O4. The van der Waals surface area contributed by atoms with Crippen LogP contribution in [0.25, 0.3) is 10.9 Å². The Balaban J connectivity index is 1.81. The largest absolute Gasteiger partial charge is 0.494 e. The summed E-state index contributed by atoms with van der Waals surface area (Å²) in [6, 6.07) is 19.9. The molecule has 9 nitrogen and oxygen atoms in total. The molecule has 3 aromatic carbocycles. The van der Waals surface area contributed by atoms with Crippen LogP contribution in [-0.2, 0) is 9.53 Å². The van der Waals surface area contributed by atoms with Crippen LogP contribution in [0.2, 0.25) is 0 Å². The van der Waals surface area contributed by atoms with Gasteiger partial charge in [-0.1, -0.05) is 36.4 Å². The van der Waals surface area contributed by atoms with Crippen molar-refractivity contribution >= 4 is 45.6 Å². The van der Waals surface area contributed by atoms with E-state index in [0.717, 1.165) is 5.56 Å². The number of aromatic nitrogens is 1. The highest BCUT2D eigenvalue weighted by Crippen LogP contribution is 2.34. The van der Waals surface area contributed by atoms with Crippen molar-refractivity contribution in [1.29, 1.82) is 0 Å². The molecule has 0 saturated heterocycles. The Morgan fingerprint density at radius 2 is 1.74 bits per heavy atom. The Kier molecular flexibility index (Phi) is 8.31. The number of aliphatic imine (C=N–C) groups is 1. The number of rotatable bonds is 9. The number of nitrogen functional groups attached to an aromatic ring is 1. The number of carbonyl (C=O) groups excluding carboxylic acids is 2. The van der Waals surface area contributed by atoms with Gasteiger partial charge in [0, 0.05) is 36.5 Å². The number of carbonyl (C=O) groups is 2. The number of hydrogen-bond acceptors (Lipinski definition) is 7. The van der Waals surface area contributed by atoms with Crippen molar-refractivity contribution in [2.45, 2.75) is 13.8 Å². The number of H-pyrrole nitrogens is 1. The van der Waals surface area contributed by atoms with Crippen molar-refractivity contribution in [3.63, 3.8) is 0 Å². The standard InChI is InChI=1S/C30H33N5O4/c1-5-39-30(38)21-11-13-23-25(17-21)33-29(37)27(23)28(20-9-7-6-8-10-20)32-22-12-14-26(24(31)18-22)35(19(2)36)16-15-34(3)4/h6-14,17-18,33,37H,5,15-16,31H2,1-4H3. The number of amides is 1. The van der Waals surface area contributed by atoms with Crippen molar-refractivity contribution in [3.8, 4) is 5.88 Å². The molecule has 4 aromatic rings. The van der Waals surface area contributed by atoms with Gasteiger partial charge in [0.2, 0.25) is 5.91 Å². The molecule has 4 N–H and O–H groups in total. The second-order valence-corrected chi connectivity index (χ2v) is 9.37. The summed E-state index contributed by atoms with van der Waals surface area (Å²) < 4.78 is 5.11. The predicted molar refractivity (Wildman–Crippen MR) is 155 cm³/mol. The average molecular weight is 528 g/mol. The second-order valence-electron chi connectivity index (χ2n) is 9.37. The van der Waals surface area contributed by atoms with Crippen LogP contribution in [0, 0.1) is 0 Å². The Morgan fingerprint density at radius 3 is 2.38 bits per heavy atom. The molecule has 0 spiro atoms. The maximum absolute atomic E-state index is 12.3. The SMILES string of the molecule is CCOC(=O)c1ccc2c(C(=Nc3ccc(N(CCN(C)C)C(C)=O)c(N)c3)c3ccccc3)c(O)[nH]c2c1. The molecule has 1 aromatic heterocycles. The van der Waals surface area contributed by atoms with Crippen LogP contribution in [0.1, 0.15) is 35.3 Å². The molecule has 202 valence electrons. The van der Waals surface area contributed by atoms with E-state index >= 15 is 0 Å². The molecule has 0 aliphatic carbocycles. The fourth-order valence-corrected chi connectivity index (χ4v) is 4.36. The fraction of sp³-hybridized carbons (Fsp3) is 0.233. The summed E-state index contributed by atoms with van der Waals surface area (Å²) in [5, 5.41) is 11.7. The smallest absolute Gasteiger partial charge is 0.338 e. The first kappa shape index (κ1) is 27.4. The van der Waals surface area contributed by atoms with Crippen molar-refractivity contribution in [2.24, 2.45) is 4.99 Å². The molecule has 1 heterocycles. The Labute approximate surface area is 227 Å². The third-order valence-electron chi connectivity index (χ3n) is 6.27. The molecule has 4 rings (SSSR count). The fourth-order valence-electron chi connectivity index (χ4n) is 4.36. The van der Waals surface area contributed by atoms with Crippen molar-refractivity contribution in [3.05, 3.63) is 83.4 Å². The van der Waals surface area contributed by atoms with Gasteiger partial charge in [-0.05, 0) is 51.4 Å². The highest BCUT2D eigenvalue weighted by molar-refractivity contribution is 6.22. The maximum atomic E-state index is 12.3. The molecule has 0 aliphatic heterocycles. The summed E-state index contributed by atoms with van der Waals surface area (Å²) in [7, 11) is 3.89. The van der Waals surface area contributed by atoms with Crippen LogP contribution in [0.4, 0.5) is 17.1 Å². The van der Waals surface area contributed by atoms with E-state index in [1.54, 1.807) is 48.2 Å². The van der Waals surface area contributed by atoms with Crippen LogP contribution in [0.3, 0.4) is 0 Å². The van der Waals surface area contributed by atoms with Crippen LogP contribution in [0.15, 0.2) is 71.7 Å². The minimum atomic E-state index is -0.437. The van der Waals surface area contributed by atoms with Crippen LogP contribution >= 0.6 is 0 Å². The quantitative estimate of drug-likeness (QED) is 0.164. The predicted octanol–water partition coefficient (Wildman–Crippen LogP) is 4.72. The third kappa shape index (κ3) is 6.10. The van der Waals surface area contributed by atoms with Gasteiger partial charge >= 0.3 is 5.97 Å². The zero-order valence-corrected chi connectivity index (χ0v) is 22.6. The van der Waals surface area contributed by atoms with E-state index in [-0.39, 0.29) is 18.4 Å². The highest BCUT2D eigenvalue weighted by atomic mass is 16.5. The topological polar surface area (TPSA) is 124 Å². The number of anilines is 2. The molecule has 0 bridgehead atoms. The van der Waals surface area contributed by atoms with Gasteiger partial charge in [-0.2, -0.15) is 0 Å². The molecule has 0 unspecified atom stereocenters. The number of aromatic amines is 1. The summed E-state index contributed by atoms with van der Waals surface area (Å²) in [6.45, 7) is 4.72. The second kappa shape index (κ2) is 11.8. The molecule has 0 atom stereocenters. The number of likely N-dealkylation sites (N-methyl/N-ethyl adjacent to an activating group) is 1. The molecule has 0 saturated carbocycles. The lowest BCUT2D eigenvalue weighted by Crippen LogP contribution is -2.35. The van der Waals surface area contributed by atoms with E-state index in [0.29, 0.717) is 57.9 Å². The lowest BCUT2D eigenvalue weighted by Gasteiger charge is -2.24. The lowest BCUT2D eigenvalue weighted by atomic mass is 10.00. The van der Waals surface area contributed by atoms with E-state index in [1.807, 2.05) is 49.3 Å². The van der Waals surface area contributed by atoms with E-state index < -0.39 is 5.97 Å². The van der Waals surface area contributed by atoms with Crippen molar-refractivity contribution in [2.75, 3.05) is 44.4 Å². The molecule has 0 radical (unpaired) electrons. The Hall–Kier alpha value is -4.63. The van der Waals surface area contributed by atoms with Gasteiger partial charge in [0.25, 0.3) is 0 Å². The van der Waals surface area contributed by atoms with Crippen molar-refractivity contribution in [1.82, 2.24) is 9.88 Å². The van der Waals surface area contributed by atoms with E-state index in [1.165, 1.54) is 6.92 Å². The molecule has 1 amide bonds. The van der Waals surface area contributed by atoms with Gasteiger partial charge in [0.1, 0.15) is 0 Å². The monoisotopic (exact) mass is 527 g/mol. The van der Waals surface area contributed by atoms with Crippen LogP contribution < -0.4 is 10.6 Å². The zero-order chi connectivity index (χ0) is 28.1. The van der Waals surface area contributed by atoms with Crippen molar-refractivity contribution < 1.29 is 19.4 Å². The minimum Gasteiger partial charge on any atom is -0.494 e. The van der Waals surface area contributed by atoms with Gasteiger partial charge in [-0.15, -0.1) is 0 Å². The molecule has 39 heavy (non-hydrogen) atoms. The number of fused-ring (bicyclic) bond motifs is 1. The van der Waals surface area contributed by atoms with Gasteiger partial charge in [-0.3, -0.25) is 4.79 Å². The summed E-state index contributed by atoms with van der Waals surface area (Å²) in [4.78, 5) is 36.1. The molecule has 0 aliphatic rings. The third-order valence-corrected chi connectivity index (χ3v) is 6.27. The number of nitrogens with two attached hydrogens (primary N) is 1. The first-order chi connectivity index (χ1) is 18.7. The first-order valence-electron chi connectivity index (χ1n) is 12.7. The maximum Gasteiger partial charge on any atom is 0.338 e. The average Bonchev–Trinajstić information content (AvgIpc) is 3.23. The number of hydrogen-bond donors (Lipinski definition) is 3. The van der Waals surface area contributed by atoms with E-state index in [4.69, 9.17) is 15.5 Å². The normalized spacial score (nSPS) is 11.7. The molecule has 9 heteroatoms. The summed E-state index contributed by atoms with van der Waals surface area (Å²) in [5.41, 5.74) is 10.7.